The second-order valence-corrected chi connectivity index (χ2v) is 8.70. The molecule has 5 heteroatoms. The van der Waals surface area contributed by atoms with E-state index in [1.165, 1.54) is 24.0 Å². The van der Waals surface area contributed by atoms with Crippen LogP contribution in [0.3, 0.4) is 0 Å². The number of aromatic nitrogens is 1. The van der Waals surface area contributed by atoms with Gasteiger partial charge in [-0.05, 0) is 43.5 Å². The lowest BCUT2D eigenvalue weighted by Gasteiger charge is -2.28. The summed E-state index contributed by atoms with van der Waals surface area (Å²) in [6, 6.07) is 19.3. The minimum Gasteiger partial charge on any atom is -0.354 e. The zero-order chi connectivity index (χ0) is 20.8. The largest absolute Gasteiger partial charge is 0.354 e. The second-order valence-electron chi connectivity index (χ2n) is 7.84. The standard InChI is InChI=1S/C25H29N3OS/c1-2-19-10-12-21(13-11-19)25-27-22(18-30-25)16-24(29)26-17-23(28-14-6-7-15-28)20-8-4-3-5-9-20/h3-5,8-13,18,23H,2,6-7,14-17H2,1H3,(H,26,29). The highest BCUT2D eigenvalue weighted by Gasteiger charge is 2.23. The van der Waals surface area contributed by atoms with Gasteiger partial charge < -0.3 is 5.32 Å². The molecule has 1 N–H and O–H groups in total. The third-order valence-corrected chi connectivity index (χ3v) is 6.70. The van der Waals surface area contributed by atoms with Gasteiger partial charge in [-0.25, -0.2) is 4.98 Å². The topological polar surface area (TPSA) is 45.2 Å². The van der Waals surface area contributed by atoms with Crippen LogP contribution in [0.2, 0.25) is 0 Å². The first-order chi connectivity index (χ1) is 14.7. The molecule has 30 heavy (non-hydrogen) atoms. The first-order valence-electron chi connectivity index (χ1n) is 10.8. The minimum absolute atomic E-state index is 0.0355. The summed E-state index contributed by atoms with van der Waals surface area (Å²) < 4.78 is 0. The highest BCUT2D eigenvalue weighted by atomic mass is 32.1. The van der Waals surface area contributed by atoms with E-state index in [1.807, 2.05) is 11.4 Å². The van der Waals surface area contributed by atoms with Crippen LogP contribution in [0.1, 0.15) is 42.6 Å². The Hall–Kier alpha value is -2.50. The Morgan fingerprint density at radius 1 is 1.10 bits per heavy atom. The first kappa shape index (κ1) is 20.8. The Morgan fingerprint density at radius 3 is 2.53 bits per heavy atom. The van der Waals surface area contributed by atoms with E-state index in [9.17, 15) is 4.79 Å². The number of benzene rings is 2. The van der Waals surface area contributed by atoms with E-state index >= 15 is 0 Å². The van der Waals surface area contributed by atoms with Gasteiger partial charge in [-0.3, -0.25) is 9.69 Å². The molecule has 1 unspecified atom stereocenters. The average Bonchev–Trinajstić information content (AvgIpc) is 3.47. The molecular formula is C25H29N3OS. The van der Waals surface area contributed by atoms with Crippen molar-refractivity contribution in [3.8, 4) is 10.6 Å². The summed E-state index contributed by atoms with van der Waals surface area (Å²) in [6.45, 7) is 4.99. The van der Waals surface area contributed by atoms with Crippen LogP contribution in [0, 0.1) is 0 Å². The van der Waals surface area contributed by atoms with Crippen molar-refractivity contribution in [2.24, 2.45) is 0 Å². The lowest BCUT2D eigenvalue weighted by molar-refractivity contribution is -0.120. The second kappa shape index (κ2) is 10.0. The summed E-state index contributed by atoms with van der Waals surface area (Å²) in [4.78, 5) is 19.8. The maximum atomic E-state index is 12.6. The summed E-state index contributed by atoms with van der Waals surface area (Å²) >= 11 is 1.60. The van der Waals surface area contributed by atoms with Crippen LogP contribution >= 0.6 is 11.3 Å². The van der Waals surface area contributed by atoms with Crippen LogP contribution < -0.4 is 5.32 Å². The normalized spacial score (nSPS) is 15.2. The summed E-state index contributed by atoms with van der Waals surface area (Å²) in [5.41, 5.74) is 4.54. The number of thiazole rings is 1. The molecule has 2 aromatic carbocycles. The van der Waals surface area contributed by atoms with Crippen molar-refractivity contribution in [2.75, 3.05) is 19.6 Å². The molecule has 0 spiro atoms. The number of likely N-dealkylation sites (tertiary alicyclic amines) is 1. The predicted octanol–water partition coefficient (Wildman–Crippen LogP) is 4.87. The Balaban J connectivity index is 1.36. The van der Waals surface area contributed by atoms with Crippen LogP contribution in [0.4, 0.5) is 0 Å². The molecule has 2 heterocycles. The average molecular weight is 420 g/mol. The number of nitrogens with one attached hydrogen (secondary N) is 1. The van der Waals surface area contributed by atoms with Gasteiger partial charge in [0.25, 0.3) is 0 Å². The van der Waals surface area contributed by atoms with Crippen LogP contribution in [-0.2, 0) is 17.6 Å². The highest BCUT2D eigenvalue weighted by molar-refractivity contribution is 7.13. The van der Waals surface area contributed by atoms with E-state index < -0.39 is 0 Å². The minimum atomic E-state index is 0.0355. The SMILES string of the molecule is CCc1ccc(-c2nc(CC(=O)NCC(c3ccccc3)N3CCCC3)cs2)cc1. The number of hydrogen-bond donors (Lipinski definition) is 1. The summed E-state index contributed by atoms with van der Waals surface area (Å²) in [7, 11) is 0. The van der Waals surface area contributed by atoms with Crippen LogP contribution in [-0.4, -0.2) is 35.4 Å². The van der Waals surface area contributed by atoms with Gasteiger partial charge in [-0.1, -0.05) is 61.5 Å². The van der Waals surface area contributed by atoms with E-state index in [1.54, 1.807) is 11.3 Å². The summed E-state index contributed by atoms with van der Waals surface area (Å²) in [5.74, 6) is 0.0355. The van der Waals surface area contributed by atoms with Gasteiger partial charge in [-0.2, -0.15) is 0 Å². The van der Waals surface area contributed by atoms with Crippen molar-refractivity contribution in [1.29, 1.82) is 0 Å². The smallest absolute Gasteiger partial charge is 0.226 e. The van der Waals surface area contributed by atoms with Crippen molar-refractivity contribution < 1.29 is 4.79 Å². The van der Waals surface area contributed by atoms with Gasteiger partial charge >= 0.3 is 0 Å². The number of carbonyl (C=O) groups is 1. The lowest BCUT2D eigenvalue weighted by Crippen LogP contribution is -2.37. The number of carbonyl (C=O) groups excluding carboxylic acids is 1. The zero-order valence-electron chi connectivity index (χ0n) is 17.5. The van der Waals surface area contributed by atoms with Crippen molar-refractivity contribution in [1.82, 2.24) is 15.2 Å². The fourth-order valence-electron chi connectivity index (χ4n) is 4.03. The molecular weight excluding hydrogens is 390 g/mol. The monoisotopic (exact) mass is 419 g/mol. The predicted molar refractivity (Wildman–Crippen MR) is 124 cm³/mol. The molecule has 1 fully saturated rings. The molecule has 3 aromatic rings. The maximum absolute atomic E-state index is 12.6. The van der Waals surface area contributed by atoms with Gasteiger partial charge in [0.15, 0.2) is 0 Å². The molecule has 4 nitrogen and oxygen atoms in total. The molecule has 1 aliphatic rings. The molecule has 1 amide bonds. The Bertz CT molecular complexity index is 946. The van der Waals surface area contributed by atoms with Gasteiger partial charge in [0, 0.05) is 17.5 Å². The van der Waals surface area contributed by atoms with E-state index in [2.05, 4.69) is 70.7 Å². The molecule has 1 aliphatic heterocycles. The molecule has 1 saturated heterocycles. The zero-order valence-corrected chi connectivity index (χ0v) is 18.3. The van der Waals surface area contributed by atoms with Crippen molar-refractivity contribution in [2.45, 2.75) is 38.6 Å². The van der Waals surface area contributed by atoms with Crippen molar-refractivity contribution in [3.05, 3.63) is 76.8 Å². The van der Waals surface area contributed by atoms with Crippen LogP contribution in [0.5, 0.6) is 0 Å². The number of rotatable bonds is 8. The third-order valence-electron chi connectivity index (χ3n) is 5.76. The summed E-state index contributed by atoms with van der Waals surface area (Å²) in [6.07, 6.45) is 3.83. The Kier molecular flexibility index (Phi) is 6.92. The molecule has 0 bridgehead atoms. The number of aryl methyl sites for hydroxylation is 1. The first-order valence-corrected chi connectivity index (χ1v) is 11.7. The van der Waals surface area contributed by atoms with E-state index in [0.717, 1.165) is 35.8 Å². The summed E-state index contributed by atoms with van der Waals surface area (Å²) in [5, 5.41) is 6.12. The van der Waals surface area contributed by atoms with Crippen LogP contribution in [0.25, 0.3) is 10.6 Å². The van der Waals surface area contributed by atoms with E-state index in [-0.39, 0.29) is 11.9 Å². The molecule has 0 aliphatic carbocycles. The van der Waals surface area contributed by atoms with E-state index in [0.29, 0.717) is 13.0 Å². The van der Waals surface area contributed by atoms with Gasteiger partial charge in [0.1, 0.15) is 5.01 Å². The molecule has 1 atom stereocenters. The molecule has 0 radical (unpaired) electrons. The molecule has 1 aromatic heterocycles. The van der Waals surface area contributed by atoms with Gasteiger partial charge in [-0.15, -0.1) is 11.3 Å². The Labute approximate surface area is 183 Å². The highest BCUT2D eigenvalue weighted by Crippen LogP contribution is 2.26. The molecule has 156 valence electrons. The maximum Gasteiger partial charge on any atom is 0.226 e. The van der Waals surface area contributed by atoms with Crippen molar-refractivity contribution >= 4 is 17.2 Å². The molecule has 4 rings (SSSR count). The van der Waals surface area contributed by atoms with E-state index in [4.69, 9.17) is 0 Å². The number of nitrogens with zero attached hydrogens (tertiary/aromatic N) is 2. The van der Waals surface area contributed by atoms with Gasteiger partial charge in [0.05, 0.1) is 18.2 Å². The number of amides is 1. The third kappa shape index (κ3) is 5.15. The van der Waals surface area contributed by atoms with Gasteiger partial charge in [0.2, 0.25) is 5.91 Å². The lowest BCUT2D eigenvalue weighted by atomic mass is 10.1. The van der Waals surface area contributed by atoms with Crippen LogP contribution in [0.15, 0.2) is 60.0 Å². The Morgan fingerprint density at radius 2 is 1.83 bits per heavy atom. The number of hydrogen-bond acceptors (Lipinski definition) is 4. The fraction of sp³-hybridized carbons (Fsp3) is 0.360. The molecule has 0 saturated carbocycles. The fourth-order valence-corrected chi connectivity index (χ4v) is 4.85. The van der Waals surface area contributed by atoms with Crippen molar-refractivity contribution in [3.63, 3.8) is 0 Å². The quantitative estimate of drug-likeness (QED) is 0.567.